The maximum absolute atomic E-state index is 12.7. The first-order chi connectivity index (χ1) is 14.0. The Bertz CT molecular complexity index is 927. The molecule has 1 heterocycles. The zero-order valence-electron chi connectivity index (χ0n) is 18.5. The summed E-state index contributed by atoms with van der Waals surface area (Å²) in [4.78, 5) is 0.283. The van der Waals surface area contributed by atoms with Crippen molar-refractivity contribution < 1.29 is 17.7 Å². The molecule has 7 heteroatoms. The van der Waals surface area contributed by atoms with Crippen LogP contribution >= 0.6 is 0 Å². The molecule has 162 valence electrons. The van der Waals surface area contributed by atoms with Gasteiger partial charge in [-0.05, 0) is 71.0 Å². The van der Waals surface area contributed by atoms with Crippen LogP contribution in [0.25, 0.3) is 0 Å². The molecule has 0 bridgehead atoms. The van der Waals surface area contributed by atoms with E-state index in [-0.39, 0.29) is 29.1 Å². The van der Waals surface area contributed by atoms with Crippen molar-refractivity contribution in [3.8, 4) is 0 Å². The molecule has 1 aliphatic heterocycles. The monoisotopic (exact) mass is 429 g/mol. The predicted molar refractivity (Wildman–Crippen MR) is 121 cm³/mol. The van der Waals surface area contributed by atoms with Crippen molar-refractivity contribution in [2.24, 2.45) is 0 Å². The lowest BCUT2D eigenvalue weighted by atomic mass is 9.78. The number of hydrogen-bond acceptors (Lipinski definition) is 4. The molecule has 0 radical (unpaired) electrons. The number of hydrogen-bond donors (Lipinski definition) is 1. The average Bonchev–Trinajstić information content (AvgIpc) is 2.89. The Morgan fingerprint density at radius 3 is 2.07 bits per heavy atom. The van der Waals surface area contributed by atoms with Gasteiger partial charge in [0.1, 0.15) is 0 Å². The molecule has 3 rings (SSSR count). The summed E-state index contributed by atoms with van der Waals surface area (Å²) in [6.07, 6.45) is 1.44. The van der Waals surface area contributed by atoms with Gasteiger partial charge in [0.25, 0.3) is 0 Å². The quantitative estimate of drug-likeness (QED) is 0.626. The van der Waals surface area contributed by atoms with Gasteiger partial charge in [-0.15, -0.1) is 0 Å². The Morgan fingerprint density at radius 2 is 1.50 bits per heavy atom. The van der Waals surface area contributed by atoms with Gasteiger partial charge in [-0.3, -0.25) is 0 Å². The van der Waals surface area contributed by atoms with Crippen molar-refractivity contribution in [2.45, 2.75) is 69.4 Å². The fourth-order valence-electron chi connectivity index (χ4n) is 3.54. The SMILES string of the molecule is Cc1ccc(S(=O)(=O)NCC(CCB2OC(C)(C)C(C)(C)O2)c2ccccc2)cc1. The first-order valence-electron chi connectivity index (χ1n) is 10.5. The van der Waals surface area contributed by atoms with E-state index in [0.717, 1.165) is 17.5 Å². The summed E-state index contributed by atoms with van der Waals surface area (Å²) in [5.74, 6) is 0.0189. The number of nitrogens with one attached hydrogen (secondary N) is 1. The summed E-state index contributed by atoms with van der Waals surface area (Å²) in [6, 6.07) is 16.9. The molecule has 1 unspecified atom stereocenters. The molecular formula is C23H32BNO4S. The third-order valence-electron chi connectivity index (χ3n) is 6.17. The largest absolute Gasteiger partial charge is 0.457 e. The summed E-state index contributed by atoms with van der Waals surface area (Å²) in [5.41, 5.74) is 1.39. The fraction of sp³-hybridized carbons (Fsp3) is 0.478. The van der Waals surface area contributed by atoms with Crippen molar-refractivity contribution >= 4 is 17.1 Å². The van der Waals surface area contributed by atoms with Gasteiger partial charge in [0.15, 0.2) is 0 Å². The maximum atomic E-state index is 12.7. The second-order valence-electron chi connectivity index (χ2n) is 9.04. The molecule has 1 saturated heterocycles. The first-order valence-corrected chi connectivity index (χ1v) is 12.0. The van der Waals surface area contributed by atoms with E-state index in [1.54, 1.807) is 12.1 Å². The smallest absolute Gasteiger partial charge is 0.403 e. The Labute approximate surface area is 181 Å². The topological polar surface area (TPSA) is 64.6 Å². The summed E-state index contributed by atoms with van der Waals surface area (Å²) in [6.45, 7) is 10.4. The maximum Gasteiger partial charge on any atom is 0.457 e. The zero-order valence-corrected chi connectivity index (χ0v) is 19.3. The van der Waals surface area contributed by atoms with Gasteiger partial charge in [0.2, 0.25) is 10.0 Å². The van der Waals surface area contributed by atoms with E-state index in [1.807, 2.05) is 77.1 Å². The van der Waals surface area contributed by atoms with Crippen LogP contribution in [-0.2, 0) is 19.3 Å². The second-order valence-corrected chi connectivity index (χ2v) is 10.8. The van der Waals surface area contributed by atoms with Gasteiger partial charge in [-0.1, -0.05) is 48.0 Å². The second kappa shape index (κ2) is 8.83. The molecule has 2 aromatic carbocycles. The highest BCUT2D eigenvalue weighted by Crippen LogP contribution is 2.38. The molecule has 1 atom stereocenters. The first kappa shape index (κ1) is 23.0. The molecule has 0 aromatic heterocycles. The predicted octanol–water partition coefficient (Wildman–Crippen LogP) is 4.54. The molecule has 5 nitrogen and oxygen atoms in total. The van der Waals surface area contributed by atoms with Crippen LogP contribution in [0.4, 0.5) is 0 Å². The molecule has 1 N–H and O–H groups in total. The number of aryl methyl sites for hydroxylation is 1. The lowest BCUT2D eigenvalue weighted by Gasteiger charge is -2.32. The van der Waals surface area contributed by atoms with Crippen LogP contribution in [-0.4, -0.2) is 33.3 Å². The number of benzene rings is 2. The minimum Gasteiger partial charge on any atom is -0.403 e. The van der Waals surface area contributed by atoms with Gasteiger partial charge in [0, 0.05) is 6.54 Å². The van der Waals surface area contributed by atoms with Gasteiger partial charge in [0.05, 0.1) is 16.1 Å². The third-order valence-corrected chi connectivity index (χ3v) is 7.61. The molecule has 0 saturated carbocycles. The van der Waals surface area contributed by atoms with E-state index in [1.165, 1.54) is 0 Å². The van der Waals surface area contributed by atoms with E-state index < -0.39 is 10.0 Å². The highest BCUT2D eigenvalue weighted by molar-refractivity contribution is 7.89. The van der Waals surface area contributed by atoms with Crippen LogP contribution < -0.4 is 4.72 Å². The zero-order chi connectivity index (χ0) is 22.0. The Kier molecular flexibility index (Phi) is 6.77. The van der Waals surface area contributed by atoms with Gasteiger partial charge >= 0.3 is 7.12 Å². The lowest BCUT2D eigenvalue weighted by molar-refractivity contribution is 0.00578. The van der Waals surface area contributed by atoms with Crippen LogP contribution in [0.1, 0.15) is 51.2 Å². The van der Waals surface area contributed by atoms with Gasteiger partial charge in [-0.25, -0.2) is 13.1 Å². The molecule has 30 heavy (non-hydrogen) atoms. The molecule has 1 aliphatic rings. The normalized spacial score (nSPS) is 19.0. The Hall–Kier alpha value is -1.67. The molecule has 1 fully saturated rings. The molecule has 0 aliphatic carbocycles. The summed E-state index contributed by atoms with van der Waals surface area (Å²) >= 11 is 0. The Balaban J connectivity index is 1.69. The van der Waals surface area contributed by atoms with E-state index in [2.05, 4.69) is 4.72 Å². The van der Waals surface area contributed by atoms with Crippen LogP contribution in [0.5, 0.6) is 0 Å². The molecule has 0 amide bonds. The summed E-state index contributed by atoms with van der Waals surface area (Å²) in [5, 5.41) is 0. The molecular weight excluding hydrogens is 397 g/mol. The van der Waals surface area contributed by atoms with Crippen LogP contribution in [0.2, 0.25) is 6.32 Å². The van der Waals surface area contributed by atoms with E-state index in [4.69, 9.17) is 9.31 Å². The minimum absolute atomic E-state index is 0.0189. The number of sulfonamides is 1. The van der Waals surface area contributed by atoms with Crippen LogP contribution in [0.3, 0.4) is 0 Å². The van der Waals surface area contributed by atoms with Crippen molar-refractivity contribution in [1.29, 1.82) is 0 Å². The van der Waals surface area contributed by atoms with E-state index in [9.17, 15) is 8.42 Å². The minimum atomic E-state index is -3.57. The van der Waals surface area contributed by atoms with E-state index >= 15 is 0 Å². The van der Waals surface area contributed by atoms with Crippen LogP contribution in [0.15, 0.2) is 59.5 Å². The molecule has 0 spiro atoms. The average molecular weight is 429 g/mol. The highest BCUT2D eigenvalue weighted by Gasteiger charge is 2.50. The molecule has 2 aromatic rings. The van der Waals surface area contributed by atoms with Gasteiger partial charge < -0.3 is 9.31 Å². The highest BCUT2D eigenvalue weighted by atomic mass is 32.2. The van der Waals surface area contributed by atoms with Crippen molar-refractivity contribution in [3.05, 3.63) is 65.7 Å². The van der Waals surface area contributed by atoms with Gasteiger partial charge in [-0.2, -0.15) is 0 Å². The van der Waals surface area contributed by atoms with E-state index in [0.29, 0.717) is 12.9 Å². The Morgan fingerprint density at radius 1 is 0.933 bits per heavy atom. The van der Waals surface area contributed by atoms with Crippen molar-refractivity contribution in [1.82, 2.24) is 4.72 Å². The number of rotatable bonds is 8. The van der Waals surface area contributed by atoms with Crippen LogP contribution in [0, 0.1) is 6.92 Å². The standard InChI is InChI=1S/C23H32BNO4S/c1-18-11-13-21(14-12-18)30(26,27)25-17-20(19-9-7-6-8-10-19)15-16-24-28-22(2,3)23(4,5)29-24/h6-14,20,25H,15-17H2,1-5H3. The summed E-state index contributed by atoms with van der Waals surface area (Å²) < 4.78 is 40.5. The third kappa shape index (κ3) is 5.33. The summed E-state index contributed by atoms with van der Waals surface area (Å²) in [7, 11) is -3.86. The van der Waals surface area contributed by atoms with Crippen molar-refractivity contribution in [2.75, 3.05) is 6.54 Å². The van der Waals surface area contributed by atoms with Crippen molar-refractivity contribution in [3.63, 3.8) is 0 Å². The lowest BCUT2D eigenvalue weighted by Crippen LogP contribution is -2.41. The fourth-order valence-corrected chi connectivity index (χ4v) is 4.62.